The summed E-state index contributed by atoms with van der Waals surface area (Å²) in [6.07, 6.45) is 1.17. The first-order chi connectivity index (χ1) is 26.7. The molecular weight excluding hydrogens is 737 g/mol. The fourth-order valence-electron chi connectivity index (χ4n) is 6.03. The Morgan fingerprint density at radius 2 is 1.27 bits per heavy atom. The number of benzene rings is 6. The SMILES string of the molecule is O=C(Nc1ccc(SC(C(=O)Nc2cccc3c2C(=O)c2ccccc2C3=O)c2ccccc2)cc1)/C(=C/c1c(F)cccc1Cl)NC(=O)c1ccccc1. The molecule has 0 aliphatic heterocycles. The molecule has 0 spiro atoms. The largest absolute Gasteiger partial charge is 0.324 e. The highest BCUT2D eigenvalue weighted by Crippen LogP contribution is 2.38. The van der Waals surface area contributed by atoms with Gasteiger partial charge in [0.2, 0.25) is 5.91 Å². The van der Waals surface area contributed by atoms with E-state index in [1.807, 2.05) is 30.3 Å². The zero-order chi connectivity index (χ0) is 38.5. The minimum atomic E-state index is -0.785. The third-order valence-electron chi connectivity index (χ3n) is 8.73. The molecule has 0 saturated carbocycles. The lowest BCUT2D eigenvalue weighted by atomic mass is 9.83. The number of amides is 3. The number of ketones is 2. The van der Waals surface area contributed by atoms with E-state index in [9.17, 15) is 28.4 Å². The second-order valence-electron chi connectivity index (χ2n) is 12.3. The summed E-state index contributed by atoms with van der Waals surface area (Å²) in [4.78, 5) is 68.2. The predicted molar refractivity (Wildman–Crippen MR) is 212 cm³/mol. The Morgan fingerprint density at radius 3 is 1.96 bits per heavy atom. The zero-order valence-electron chi connectivity index (χ0n) is 28.7. The lowest BCUT2D eigenvalue weighted by Gasteiger charge is -2.22. The van der Waals surface area contributed by atoms with Gasteiger partial charge in [-0.1, -0.05) is 103 Å². The van der Waals surface area contributed by atoms with Gasteiger partial charge in [-0.15, -0.1) is 11.8 Å². The standard InChI is InChI=1S/C44H29ClFN3O5S/c45-34-18-10-19-35(46)33(34)25-37(49-42(52)27-13-5-2-6-14-27)43(53)47-28-21-23-29(24-22-28)55-41(26-11-3-1-4-12-26)44(54)48-36-20-9-17-32-38(36)40(51)31-16-8-7-15-30(31)39(32)50/h1-25,41H,(H,47,53)(H,48,54)(H,49,52)/b37-25-. The Labute approximate surface area is 324 Å². The summed E-state index contributed by atoms with van der Waals surface area (Å²) in [6, 6.07) is 39.5. The number of fused-ring (bicyclic) bond motifs is 2. The van der Waals surface area contributed by atoms with Crippen molar-refractivity contribution >= 4 is 70.1 Å². The van der Waals surface area contributed by atoms with Crippen LogP contribution in [0.1, 0.15) is 58.6 Å². The molecule has 0 heterocycles. The molecule has 270 valence electrons. The van der Waals surface area contributed by atoms with Gasteiger partial charge in [0.25, 0.3) is 11.8 Å². The Hall–Kier alpha value is -6.62. The van der Waals surface area contributed by atoms with Gasteiger partial charge < -0.3 is 16.0 Å². The number of hydrogen-bond donors (Lipinski definition) is 3. The number of thioether (sulfide) groups is 1. The van der Waals surface area contributed by atoms with Crippen LogP contribution in [0.25, 0.3) is 6.08 Å². The molecule has 0 radical (unpaired) electrons. The van der Waals surface area contributed by atoms with E-state index in [0.29, 0.717) is 21.7 Å². The topological polar surface area (TPSA) is 121 Å². The number of anilines is 2. The van der Waals surface area contributed by atoms with Crippen molar-refractivity contribution in [1.29, 1.82) is 0 Å². The first kappa shape index (κ1) is 36.7. The average molecular weight is 766 g/mol. The van der Waals surface area contributed by atoms with Gasteiger partial charge in [0.15, 0.2) is 11.6 Å². The minimum Gasteiger partial charge on any atom is -0.324 e. The van der Waals surface area contributed by atoms with E-state index < -0.39 is 28.8 Å². The van der Waals surface area contributed by atoms with Crippen molar-refractivity contribution in [3.63, 3.8) is 0 Å². The molecule has 1 atom stereocenters. The van der Waals surface area contributed by atoms with Gasteiger partial charge in [-0.3, -0.25) is 24.0 Å². The van der Waals surface area contributed by atoms with Crippen molar-refractivity contribution in [2.45, 2.75) is 10.1 Å². The van der Waals surface area contributed by atoms with Crippen LogP contribution in [0.2, 0.25) is 5.02 Å². The number of carbonyl (C=O) groups excluding carboxylic acids is 5. The third-order valence-corrected chi connectivity index (χ3v) is 10.3. The maximum atomic E-state index is 14.7. The summed E-state index contributed by atoms with van der Waals surface area (Å²) in [6.45, 7) is 0. The van der Waals surface area contributed by atoms with Crippen LogP contribution in [0.5, 0.6) is 0 Å². The summed E-state index contributed by atoms with van der Waals surface area (Å²) in [7, 11) is 0. The molecule has 0 saturated heterocycles. The van der Waals surface area contributed by atoms with Crippen LogP contribution in [-0.2, 0) is 9.59 Å². The molecule has 11 heteroatoms. The fraction of sp³-hybridized carbons (Fsp3) is 0.0227. The van der Waals surface area contributed by atoms with Crippen LogP contribution >= 0.6 is 23.4 Å². The number of halogens is 2. The van der Waals surface area contributed by atoms with Crippen molar-refractivity contribution in [1.82, 2.24) is 5.32 Å². The van der Waals surface area contributed by atoms with Gasteiger partial charge in [-0.2, -0.15) is 0 Å². The highest BCUT2D eigenvalue weighted by Gasteiger charge is 2.33. The van der Waals surface area contributed by atoms with E-state index in [-0.39, 0.29) is 55.8 Å². The smallest absolute Gasteiger partial charge is 0.272 e. The molecule has 6 aromatic rings. The maximum Gasteiger partial charge on any atom is 0.272 e. The molecule has 0 fully saturated rings. The van der Waals surface area contributed by atoms with Gasteiger partial charge in [-0.25, -0.2) is 4.39 Å². The van der Waals surface area contributed by atoms with Crippen LogP contribution in [0.3, 0.4) is 0 Å². The Kier molecular flexibility index (Phi) is 10.8. The number of hydrogen-bond acceptors (Lipinski definition) is 6. The first-order valence-corrected chi connectivity index (χ1v) is 18.2. The monoisotopic (exact) mass is 765 g/mol. The van der Waals surface area contributed by atoms with Crippen molar-refractivity contribution in [2.24, 2.45) is 0 Å². The van der Waals surface area contributed by atoms with Gasteiger partial charge in [0.1, 0.15) is 16.8 Å². The Balaban J connectivity index is 1.12. The van der Waals surface area contributed by atoms with Crippen molar-refractivity contribution in [3.8, 4) is 0 Å². The van der Waals surface area contributed by atoms with Gasteiger partial charge in [-0.05, 0) is 66.2 Å². The molecule has 3 N–H and O–H groups in total. The Morgan fingerprint density at radius 1 is 0.655 bits per heavy atom. The molecule has 0 aromatic heterocycles. The van der Waals surface area contributed by atoms with Crippen LogP contribution < -0.4 is 16.0 Å². The summed E-state index contributed by atoms with van der Waals surface area (Å²) in [5.74, 6) is -3.05. The second kappa shape index (κ2) is 16.2. The van der Waals surface area contributed by atoms with Crippen molar-refractivity contribution in [2.75, 3.05) is 10.6 Å². The summed E-state index contributed by atoms with van der Waals surface area (Å²) in [5.41, 5.74) is 2.21. The first-order valence-electron chi connectivity index (χ1n) is 17.0. The summed E-state index contributed by atoms with van der Waals surface area (Å²) < 4.78 is 14.7. The zero-order valence-corrected chi connectivity index (χ0v) is 30.3. The van der Waals surface area contributed by atoms with Gasteiger partial charge in [0.05, 0.1) is 16.3 Å². The quantitative estimate of drug-likeness (QED) is 0.0944. The summed E-state index contributed by atoms with van der Waals surface area (Å²) in [5, 5.41) is 7.48. The highest BCUT2D eigenvalue weighted by molar-refractivity contribution is 8.00. The number of rotatable bonds is 10. The molecule has 8 nitrogen and oxygen atoms in total. The van der Waals surface area contributed by atoms with E-state index >= 15 is 0 Å². The molecule has 6 aromatic carbocycles. The van der Waals surface area contributed by atoms with Crippen molar-refractivity contribution in [3.05, 3.63) is 201 Å². The lowest BCUT2D eigenvalue weighted by molar-refractivity contribution is -0.116. The fourth-order valence-corrected chi connectivity index (χ4v) is 7.28. The minimum absolute atomic E-state index is 0.0511. The van der Waals surface area contributed by atoms with Crippen LogP contribution in [0, 0.1) is 5.82 Å². The second-order valence-corrected chi connectivity index (χ2v) is 13.9. The molecule has 3 amide bonds. The van der Waals surface area contributed by atoms with Crippen molar-refractivity contribution < 1.29 is 28.4 Å². The number of carbonyl (C=O) groups is 5. The summed E-state index contributed by atoms with van der Waals surface area (Å²) >= 11 is 7.48. The van der Waals surface area contributed by atoms with Gasteiger partial charge >= 0.3 is 0 Å². The van der Waals surface area contributed by atoms with E-state index in [1.165, 1.54) is 36.0 Å². The Bertz CT molecular complexity index is 2490. The molecule has 7 rings (SSSR count). The highest BCUT2D eigenvalue weighted by atomic mass is 35.5. The molecule has 1 aliphatic rings. The normalized spacial score (nSPS) is 12.6. The number of nitrogens with one attached hydrogen (secondary N) is 3. The molecular formula is C44H29ClFN3O5S. The van der Waals surface area contributed by atoms with E-state index in [4.69, 9.17) is 11.6 Å². The average Bonchev–Trinajstić information content (AvgIpc) is 3.21. The molecule has 1 unspecified atom stereocenters. The third kappa shape index (κ3) is 8.01. The molecule has 1 aliphatic carbocycles. The van der Waals surface area contributed by atoms with E-state index in [0.717, 1.165) is 0 Å². The molecule has 55 heavy (non-hydrogen) atoms. The predicted octanol–water partition coefficient (Wildman–Crippen LogP) is 9.14. The lowest BCUT2D eigenvalue weighted by Crippen LogP contribution is -2.30. The van der Waals surface area contributed by atoms with Crippen LogP contribution in [-0.4, -0.2) is 29.3 Å². The maximum absolute atomic E-state index is 14.7. The van der Waals surface area contributed by atoms with E-state index in [2.05, 4.69) is 16.0 Å². The van der Waals surface area contributed by atoms with Crippen LogP contribution in [0.15, 0.2) is 156 Å². The van der Waals surface area contributed by atoms with E-state index in [1.54, 1.807) is 97.1 Å². The molecule has 0 bridgehead atoms. The van der Waals surface area contributed by atoms with Crippen LogP contribution in [0.4, 0.5) is 15.8 Å². The van der Waals surface area contributed by atoms with Gasteiger partial charge in [0, 0.05) is 38.4 Å².